The van der Waals surface area contributed by atoms with E-state index >= 15 is 0 Å². The van der Waals surface area contributed by atoms with Crippen LogP contribution < -0.4 is 4.74 Å². The molecule has 5 nitrogen and oxygen atoms in total. The van der Waals surface area contributed by atoms with Crippen molar-refractivity contribution in [1.29, 1.82) is 0 Å². The van der Waals surface area contributed by atoms with Gasteiger partial charge in [0.2, 0.25) is 0 Å². The van der Waals surface area contributed by atoms with E-state index in [1.54, 1.807) is 25.1 Å². The van der Waals surface area contributed by atoms with E-state index in [1.807, 2.05) is 31.2 Å². The zero-order valence-electron chi connectivity index (χ0n) is 13.7. The van der Waals surface area contributed by atoms with Crippen molar-refractivity contribution in [3.63, 3.8) is 0 Å². The molecule has 0 unspecified atom stereocenters. The van der Waals surface area contributed by atoms with Crippen LogP contribution in [-0.2, 0) is 4.74 Å². The fourth-order valence-electron chi connectivity index (χ4n) is 2.48. The molecule has 0 radical (unpaired) electrons. The molecular weight excluding hydrogens is 306 g/mol. The van der Waals surface area contributed by atoms with Crippen LogP contribution in [0.2, 0.25) is 0 Å². The predicted octanol–water partition coefficient (Wildman–Crippen LogP) is 4.14. The van der Waals surface area contributed by atoms with Crippen LogP contribution >= 0.6 is 0 Å². The lowest BCUT2D eigenvalue weighted by molar-refractivity contribution is 0.0590. The van der Waals surface area contributed by atoms with Crippen molar-refractivity contribution in [3.05, 3.63) is 59.4 Å². The maximum Gasteiger partial charge on any atom is 0.360 e. The Labute approximate surface area is 139 Å². The quantitative estimate of drug-likeness (QED) is 0.734. The number of benzene rings is 2. The van der Waals surface area contributed by atoms with Gasteiger partial charge in [-0.3, -0.25) is 0 Å². The number of hydrogen-bond acceptors (Lipinski definition) is 5. The maximum absolute atomic E-state index is 11.7. The number of rotatable bonds is 3. The van der Waals surface area contributed by atoms with Crippen LogP contribution in [0.5, 0.6) is 17.2 Å². The molecule has 1 aromatic heterocycles. The van der Waals surface area contributed by atoms with E-state index in [0.29, 0.717) is 22.2 Å². The highest BCUT2D eigenvalue weighted by molar-refractivity contribution is 6.00. The summed E-state index contributed by atoms with van der Waals surface area (Å²) in [4.78, 5) is 15.8. The summed E-state index contributed by atoms with van der Waals surface area (Å²) in [5.74, 6) is 0.490. The highest BCUT2D eigenvalue weighted by Gasteiger charge is 2.18. The second-order valence-electron chi connectivity index (χ2n) is 5.51. The van der Waals surface area contributed by atoms with E-state index in [0.717, 1.165) is 11.3 Å². The van der Waals surface area contributed by atoms with E-state index in [4.69, 9.17) is 4.74 Å². The molecule has 0 aliphatic carbocycles. The first kappa shape index (κ1) is 15.8. The van der Waals surface area contributed by atoms with Gasteiger partial charge in [0.15, 0.2) is 11.4 Å². The van der Waals surface area contributed by atoms with E-state index in [-0.39, 0.29) is 11.4 Å². The minimum absolute atomic E-state index is 0.0882. The van der Waals surface area contributed by atoms with E-state index < -0.39 is 5.97 Å². The molecule has 0 saturated heterocycles. The Bertz CT molecular complexity index is 917. The van der Waals surface area contributed by atoms with Crippen LogP contribution in [0.3, 0.4) is 0 Å². The third-order valence-corrected chi connectivity index (χ3v) is 3.78. The molecule has 3 aromatic rings. The second-order valence-corrected chi connectivity index (χ2v) is 5.51. The van der Waals surface area contributed by atoms with Crippen molar-refractivity contribution < 1.29 is 19.4 Å². The highest BCUT2D eigenvalue weighted by atomic mass is 16.5. The van der Waals surface area contributed by atoms with Crippen molar-refractivity contribution in [3.8, 4) is 17.2 Å². The fourth-order valence-corrected chi connectivity index (χ4v) is 2.48. The molecule has 0 atom stereocenters. The molecule has 24 heavy (non-hydrogen) atoms. The van der Waals surface area contributed by atoms with Gasteiger partial charge in [-0.25, -0.2) is 9.78 Å². The fraction of sp³-hybridized carbons (Fsp3) is 0.158. The highest BCUT2D eigenvalue weighted by Crippen LogP contribution is 2.33. The molecular formula is C19H17NO4. The lowest BCUT2D eigenvalue weighted by Crippen LogP contribution is -2.06. The van der Waals surface area contributed by atoms with Gasteiger partial charge in [0, 0.05) is 16.5 Å². The van der Waals surface area contributed by atoms with Gasteiger partial charge in [0.25, 0.3) is 0 Å². The summed E-state index contributed by atoms with van der Waals surface area (Å²) in [5.41, 5.74) is 1.67. The van der Waals surface area contributed by atoms with Gasteiger partial charge >= 0.3 is 5.97 Å². The van der Waals surface area contributed by atoms with Crippen molar-refractivity contribution >= 4 is 16.7 Å². The number of ether oxygens (including phenoxy) is 2. The van der Waals surface area contributed by atoms with E-state index in [2.05, 4.69) is 9.72 Å². The normalized spacial score (nSPS) is 10.6. The number of aromatic hydroxyl groups is 1. The Kier molecular flexibility index (Phi) is 4.08. The molecule has 1 N–H and O–H groups in total. The molecule has 0 aliphatic heterocycles. The lowest BCUT2D eigenvalue weighted by Gasteiger charge is -2.11. The number of aryl methyl sites for hydroxylation is 2. The minimum Gasteiger partial charge on any atom is -0.505 e. The van der Waals surface area contributed by atoms with Gasteiger partial charge in [-0.2, -0.15) is 0 Å². The monoisotopic (exact) mass is 323 g/mol. The molecule has 0 saturated carbocycles. The summed E-state index contributed by atoms with van der Waals surface area (Å²) in [5, 5.41) is 11.5. The summed E-state index contributed by atoms with van der Waals surface area (Å²) in [6.45, 7) is 3.78. The first-order valence-corrected chi connectivity index (χ1v) is 7.45. The van der Waals surface area contributed by atoms with Crippen molar-refractivity contribution in [2.24, 2.45) is 0 Å². The van der Waals surface area contributed by atoms with Gasteiger partial charge in [-0.05, 0) is 44.2 Å². The third kappa shape index (κ3) is 2.88. The van der Waals surface area contributed by atoms with Crippen molar-refractivity contribution in [2.75, 3.05) is 7.11 Å². The van der Waals surface area contributed by atoms with Crippen LogP contribution in [-0.4, -0.2) is 23.2 Å². The van der Waals surface area contributed by atoms with Gasteiger partial charge in [0.05, 0.1) is 7.11 Å². The number of carbonyl (C=O) groups excluding carboxylic acids is 1. The van der Waals surface area contributed by atoms with Gasteiger partial charge in [-0.1, -0.05) is 17.7 Å². The van der Waals surface area contributed by atoms with Crippen LogP contribution in [0.4, 0.5) is 0 Å². The number of hydrogen-bond donors (Lipinski definition) is 1. The van der Waals surface area contributed by atoms with Crippen LogP contribution in [0, 0.1) is 13.8 Å². The smallest absolute Gasteiger partial charge is 0.360 e. The summed E-state index contributed by atoms with van der Waals surface area (Å²) >= 11 is 0. The third-order valence-electron chi connectivity index (χ3n) is 3.78. The summed E-state index contributed by atoms with van der Waals surface area (Å²) in [6.07, 6.45) is 0. The first-order valence-electron chi connectivity index (χ1n) is 7.45. The predicted molar refractivity (Wildman–Crippen MR) is 90.7 cm³/mol. The number of esters is 1. The van der Waals surface area contributed by atoms with E-state index in [1.165, 1.54) is 7.11 Å². The SMILES string of the molecule is COC(=O)c1nc(C)c2cc(Oc3ccc(C)cc3)ccc2c1O. The lowest BCUT2D eigenvalue weighted by atomic mass is 10.1. The van der Waals surface area contributed by atoms with Gasteiger partial charge < -0.3 is 14.6 Å². The Hall–Kier alpha value is -3.08. The zero-order chi connectivity index (χ0) is 17.3. The average molecular weight is 323 g/mol. The number of aromatic nitrogens is 1. The topological polar surface area (TPSA) is 68.7 Å². The molecule has 2 aromatic carbocycles. The summed E-state index contributed by atoms with van der Waals surface area (Å²) in [6, 6.07) is 13.0. The van der Waals surface area contributed by atoms with Crippen molar-refractivity contribution in [2.45, 2.75) is 13.8 Å². The maximum atomic E-state index is 11.7. The van der Waals surface area contributed by atoms with Crippen LogP contribution in [0.15, 0.2) is 42.5 Å². The minimum atomic E-state index is -0.669. The molecule has 0 spiro atoms. The molecule has 1 heterocycles. The number of carbonyl (C=O) groups is 1. The van der Waals surface area contributed by atoms with Crippen molar-refractivity contribution in [1.82, 2.24) is 4.98 Å². The van der Waals surface area contributed by atoms with Crippen LogP contribution in [0.1, 0.15) is 21.7 Å². The molecule has 0 bridgehead atoms. The van der Waals surface area contributed by atoms with Gasteiger partial charge in [-0.15, -0.1) is 0 Å². The Morgan fingerprint density at radius 1 is 1.00 bits per heavy atom. The Balaban J connectivity index is 2.04. The Morgan fingerprint density at radius 3 is 2.33 bits per heavy atom. The number of fused-ring (bicyclic) bond motifs is 1. The molecule has 5 heteroatoms. The van der Waals surface area contributed by atoms with E-state index in [9.17, 15) is 9.90 Å². The molecule has 3 rings (SSSR count). The average Bonchev–Trinajstić information content (AvgIpc) is 2.59. The second kappa shape index (κ2) is 6.20. The standard InChI is InChI=1S/C19H17NO4/c1-11-4-6-13(7-5-11)24-14-8-9-15-16(10-14)12(2)20-17(18(15)21)19(22)23-3/h4-10,21H,1-3H3. The Morgan fingerprint density at radius 2 is 1.67 bits per heavy atom. The molecule has 0 fully saturated rings. The largest absolute Gasteiger partial charge is 0.505 e. The summed E-state index contributed by atoms with van der Waals surface area (Å²) in [7, 11) is 1.25. The molecule has 122 valence electrons. The number of methoxy groups -OCH3 is 1. The molecule has 0 aliphatic rings. The number of pyridine rings is 1. The summed E-state index contributed by atoms with van der Waals surface area (Å²) < 4.78 is 10.5. The first-order chi connectivity index (χ1) is 11.5. The zero-order valence-corrected chi connectivity index (χ0v) is 13.7. The molecule has 0 amide bonds. The van der Waals surface area contributed by atoms with Crippen LogP contribution in [0.25, 0.3) is 10.8 Å². The van der Waals surface area contributed by atoms with Gasteiger partial charge in [0.1, 0.15) is 11.5 Å². The number of nitrogens with zero attached hydrogens (tertiary/aromatic N) is 1.